The first-order valence-electron chi connectivity index (χ1n) is 9.50. The summed E-state index contributed by atoms with van der Waals surface area (Å²) < 4.78 is 0. The Labute approximate surface area is 169 Å². The number of aromatic nitrogens is 2. The van der Waals surface area contributed by atoms with Crippen LogP contribution in [0.4, 0.5) is 11.6 Å². The van der Waals surface area contributed by atoms with E-state index in [0.29, 0.717) is 23.0 Å². The van der Waals surface area contributed by atoms with Gasteiger partial charge in [0, 0.05) is 48.9 Å². The smallest absolute Gasteiger partial charge is 0.256 e. The molecule has 2 heterocycles. The van der Waals surface area contributed by atoms with E-state index >= 15 is 0 Å². The van der Waals surface area contributed by atoms with Gasteiger partial charge >= 0.3 is 0 Å². The van der Waals surface area contributed by atoms with Crippen LogP contribution in [-0.2, 0) is 6.42 Å². The van der Waals surface area contributed by atoms with Crippen molar-refractivity contribution >= 4 is 23.2 Å². The van der Waals surface area contributed by atoms with Crippen molar-refractivity contribution in [2.75, 3.05) is 36.0 Å². The Hall–Kier alpha value is -2.79. The predicted octanol–water partition coefficient (Wildman–Crippen LogP) is 3.65. The number of hydrogen-bond acceptors (Lipinski definition) is 4. The molecule has 0 spiro atoms. The van der Waals surface area contributed by atoms with E-state index in [-0.39, 0.29) is 5.56 Å². The number of piperazine rings is 1. The van der Waals surface area contributed by atoms with Crippen LogP contribution in [0.2, 0.25) is 5.02 Å². The van der Waals surface area contributed by atoms with Crippen LogP contribution in [0.1, 0.15) is 16.8 Å². The monoisotopic (exact) mass is 394 g/mol. The van der Waals surface area contributed by atoms with Crippen molar-refractivity contribution in [3.8, 4) is 0 Å². The number of nitrogens with zero attached hydrogens (tertiary/aromatic N) is 3. The Kier molecular flexibility index (Phi) is 5.35. The number of aryl methyl sites for hydroxylation is 1. The number of para-hydroxylation sites is 1. The zero-order valence-corrected chi connectivity index (χ0v) is 16.6. The van der Waals surface area contributed by atoms with E-state index < -0.39 is 0 Å². The Morgan fingerprint density at radius 1 is 0.964 bits per heavy atom. The molecule has 1 saturated heterocycles. The number of H-pyrrole nitrogens is 1. The van der Waals surface area contributed by atoms with E-state index in [0.717, 1.165) is 37.4 Å². The zero-order chi connectivity index (χ0) is 19.5. The molecule has 0 radical (unpaired) electrons. The average Bonchev–Trinajstić information content (AvgIpc) is 2.72. The molecule has 2 aromatic carbocycles. The summed E-state index contributed by atoms with van der Waals surface area (Å²) >= 11 is 6.25. The second-order valence-corrected chi connectivity index (χ2v) is 7.44. The first kappa shape index (κ1) is 18.6. The summed E-state index contributed by atoms with van der Waals surface area (Å²) in [6.07, 6.45) is 0.482. The minimum atomic E-state index is -0.0899. The fraction of sp³-hybridized carbons (Fsp3) is 0.273. The molecule has 0 atom stereocenters. The molecule has 6 heteroatoms. The van der Waals surface area contributed by atoms with E-state index in [2.05, 4.69) is 39.0 Å². The van der Waals surface area contributed by atoms with E-state index in [9.17, 15) is 4.79 Å². The van der Waals surface area contributed by atoms with Crippen molar-refractivity contribution in [3.63, 3.8) is 0 Å². The molecule has 1 aromatic heterocycles. The highest BCUT2D eigenvalue weighted by Gasteiger charge is 2.20. The van der Waals surface area contributed by atoms with Crippen LogP contribution in [0.5, 0.6) is 0 Å². The number of anilines is 2. The molecule has 3 aromatic rings. The van der Waals surface area contributed by atoms with Crippen molar-refractivity contribution in [3.05, 3.63) is 86.8 Å². The van der Waals surface area contributed by atoms with Gasteiger partial charge in [0.1, 0.15) is 0 Å². The Balaban J connectivity index is 1.49. The maximum absolute atomic E-state index is 12.7. The van der Waals surface area contributed by atoms with Gasteiger partial charge in [-0.1, -0.05) is 48.0 Å². The first-order valence-corrected chi connectivity index (χ1v) is 9.88. The molecule has 0 bridgehead atoms. The SMILES string of the molecule is Cc1nc(N2CCN(c3ccccc3)CC2)[nH]c(=O)c1Cc1ccccc1Cl. The topological polar surface area (TPSA) is 52.2 Å². The third kappa shape index (κ3) is 3.90. The molecule has 0 amide bonds. The first-order chi connectivity index (χ1) is 13.6. The summed E-state index contributed by atoms with van der Waals surface area (Å²) in [5.41, 5.74) is 3.50. The largest absolute Gasteiger partial charge is 0.368 e. The van der Waals surface area contributed by atoms with Gasteiger partial charge in [0.2, 0.25) is 5.95 Å². The van der Waals surface area contributed by atoms with Gasteiger partial charge in [0.15, 0.2) is 0 Å². The Bertz CT molecular complexity index is 1010. The van der Waals surface area contributed by atoms with Gasteiger partial charge in [-0.15, -0.1) is 0 Å². The second kappa shape index (κ2) is 8.07. The third-order valence-electron chi connectivity index (χ3n) is 5.24. The number of rotatable bonds is 4. The average molecular weight is 395 g/mol. The van der Waals surface area contributed by atoms with Gasteiger partial charge in [-0.25, -0.2) is 4.98 Å². The predicted molar refractivity (Wildman–Crippen MR) is 115 cm³/mol. The highest BCUT2D eigenvalue weighted by molar-refractivity contribution is 6.31. The number of benzene rings is 2. The molecule has 0 unspecified atom stereocenters. The lowest BCUT2D eigenvalue weighted by molar-refractivity contribution is 0.637. The molecule has 144 valence electrons. The van der Waals surface area contributed by atoms with Gasteiger partial charge < -0.3 is 9.80 Å². The number of aromatic amines is 1. The third-order valence-corrected chi connectivity index (χ3v) is 5.60. The van der Waals surface area contributed by atoms with Gasteiger partial charge in [0.05, 0.1) is 5.69 Å². The molecule has 1 N–H and O–H groups in total. The molecule has 0 aliphatic carbocycles. The lowest BCUT2D eigenvalue weighted by Gasteiger charge is -2.36. The van der Waals surface area contributed by atoms with Crippen LogP contribution in [0.15, 0.2) is 59.4 Å². The fourth-order valence-corrected chi connectivity index (χ4v) is 3.80. The summed E-state index contributed by atoms with van der Waals surface area (Å²) in [5.74, 6) is 0.651. The van der Waals surface area contributed by atoms with Crippen molar-refractivity contribution < 1.29 is 0 Å². The van der Waals surface area contributed by atoms with Crippen LogP contribution < -0.4 is 15.4 Å². The summed E-state index contributed by atoms with van der Waals surface area (Å²) in [6, 6.07) is 18.0. The molecular weight excluding hydrogens is 372 g/mol. The lowest BCUT2D eigenvalue weighted by Crippen LogP contribution is -2.47. The summed E-state index contributed by atoms with van der Waals surface area (Å²) in [7, 11) is 0. The number of nitrogens with one attached hydrogen (secondary N) is 1. The molecule has 1 fully saturated rings. The van der Waals surface area contributed by atoms with Crippen molar-refractivity contribution in [2.45, 2.75) is 13.3 Å². The Morgan fingerprint density at radius 3 is 2.29 bits per heavy atom. The van der Waals surface area contributed by atoms with Crippen molar-refractivity contribution in [1.82, 2.24) is 9.97 Å². The van der Waals surface area contributed by atoms with Gasteiger partial charge in [-0.3, -0.25) is 9.78 Å². The summed E-state index contributed by atoms with van der Waals surface area (Å²) in [4.78, 5) is 24.9. The second-order valence-electron chi connectivity index (χ2n) is 7.03. The molecular formula is C22H23ClN4O. The minimum absolute atomic E-state index is 0.0899. The number of halogens is 1. The van der Waals surface area contributed by atoms with Crippen molar-refractivity contribution in [2.24, 2.45) is 0 Å². The quantitative estimate of drug-likeness (QED) is 0.733. The highest BCUT2D eigenvalue weighted by Crippen LogP contribution is 2.20. The molecule has 5 nitrogen and oxygen atoms in total. The lowest BCUT2D eigenvalue weighted by atomic mass is 10.1. The van der Waals surface area contributed by atoms with Crippen LogP contribution in [0.3, 0.4) is 0 Å². The van der Waals surface area contributed by atoms with Gasteiger partial charge in [0.25, 0.3) is 5.56 Å². The molecule has 28 heavy (non-hydrogen) atoms. The van der Waals surface area contributed by atoms with Crippen LogP contribution >= 0.6 is 11.6 Å². The fourth-order valence-electron chi connectivity index (χ4n) is 3.60. The van der Waals surface area contributed by atoms with Gasteiger partial charge in [-0.05, 0) is 30.7 Å². The molecule has 0 saturated carbocycles. The summed E-state index contributed by atoms with van der Waals surface area (Å²) in [5, 5.41) is 0.669. The van der Waals surface area contributed by atoms with Crippen LogP contribution in [-0.4, -0.2) is 36.1 Å². The summed E-state index contributed by atoms with van der Waals surface area (Å²) in [6.45, 7) is 5.33. The molecule has 1 aliphatic heterocycles. The Morgan fingerprint density at radius 2 is 1.61 bits per heavy atom. The standard InChI is InChI=1S/C22H23ClN4O/c1-16-19(15-17-7-5-6-10-20(17)23)21(28)25-22(24-16)27-13-11-26(12-14-27)18-8-3-2-4-9-18/h2-10H,11-15H2,1H3,(H,24,25,28). The van der Waals surface area contributed by atoms with Gasteiger partial charge in [-0.2, -0.15) is 0 Å². The van der Waals surface area contributed by atoms with Crippen LogP contribution in [0, 0.1) is 6.92 Å². The van der Waals surface area contributed by atoms with E-state index in [1.807, 2.05) is 37.3 Å². The van der Waals surface area contributed by atoms with E-state index in [1.165, 1.54) is 5.69 Å². The minimum Gasteiger partial charge on any atom is -0.368 e. The van der Waals surface area contributed by atoms with Crippen molar-refractivity contribution in [1.29, 1.82) is 0 Å². The van der Waals surface area contributed by atoms with Crippen LogP contribution in [0.25, 0.3) is 0 Å². The number of hydrogen-bond donors (Lipinski definition) is 1. The maximum atomic E-state index is 12.7. The highest BCUT2D eigenvalue weighted by atomic mass is 35.5. The zero-order valence-electron chi connectivity index (χ0n) is 15.9. The maximum Gasteiger partial charge on any atom is 0.256 e. The normalized spacial score (nSPS) is 14.4. The van der Waals surface area contributed by atoms with E-state index in [1.54, 1.807) is 0 Å². The molecule has 1 aliphatic rings. The van der Waals surface area contributed by atoms with E-state index in [4.69, 9.17) is 16.6 Å². The molecule has 4 rings (SSSR count).